The second-order valence-corrected chi connectivity index (χ2v) is 7.86. The average Bonchev–Trinajstić information content (AvgIpc) is 2.74. The molecule has 0 aromatic rings. The molecule has 0 aliphatic rings. The predicted molar refractivity (Wildman–Crippen MR) is 111 cm³/mol. The number of carboxylic acids is 2. The minimum absolute atomic E-state index is 0. The summed E-state index contributed by atoms with van der Waals surface area (Å²) in [4.78, 5) is 20.2. The van der Waals surface area contributed by atoms with E-state index >= 15 is 0 Å². The van der Waals surface area contributed by atoms with Crippen molar-refractivity contribution < 1.29 is 64.8 Å². The molecule has 0 aliphatic heterocycles. The van der Waals surface area contributed by atoms with Crippen LogP contribution in [0, 0.1) is 0 Å². The summed E-state index contributed by atoms with van der Waals surface area (Å²) >= 11 is 0. The first-order chi connectivity index (χ1) is 14.7. The normalized spacial score (nSPS) is 14.3. The van der Waals surface area contributed by atoms with Gasteiger partial charge in [-0.25, -0.2) is 0 Å². The smallest absolute Gasteiger partial charge is 0.550 e. The molecule has 0 saturated heterocycles. The zero-order chi connectivity index (χ0) is 24.1. The molecule has 0 heterocycles. The van der Waals surface area contributed by atoms with Gasteiger partial charge in [0.2, 0.25) is 0 Å². The van der Waals surface area contributed by atoms with Gasteiger partial charge in [-0.2, -0.15) is 0 Å². The van der Waals surface area contributed by atoms with Crippen molar-refractivity contribution >= 4 is 11.9 Å². The van der Waals surface area contributed by atoms with E-state index in [-0.39, 0.29) is 25.9 Å². The van der Waals surface area contributed by atoms with E-state index in [2.05, 4.69) is 6.92 Å². The van der Waals surface area contributed by atoms with Gasteiger partial charge >= 0.3 is 19.5 Å². The fourth-order valence-electron chi connectivity index (χ4n) is 2.95. The van der Waals surface area contributed by atoms with Crippen LogP contribution in [-0.2, 0) is 29.1 Å². The quantitative estimate of drug-likeness (QED) is 0.111. The van der Waals surface area contributed by atoms with Gasteiger partial charge in [0.15, 0.2) is 0 Å². The Balaban J connectivity index is -0.000000535. The van der Waals surface area contributed by atoms with Crippen molar-refractivity contribution in [3.05, 3.63) is 0 Å². The predicted octanol–water partition coefficient (Wildman–Crippen LogP) is -0.613. The Morgan fingerprint density at radius 2 is 1.06 bits per heavy atom. The number of hydrogen-bond donors (Lipinski definition) is 5. The van der Waals surface area contributed by atoms with Crippen LogP contribution >= 0.6 is 0 Å². The monoisotopic (exact) mass is 514 g/mol. The largest absolute Gasteiger partial charge is 2.00 e. The van der Waals surface area contributed by atoms with Crippen LogP contribution in [0.25, 0.3) is 0 Å². The molecule has 0 rings (SSSR count). The van der Waals surface area contributed by atoms with Crippen LogP contribution < -0.4 is 10.2 Å². The van der Waals surface area contributed by atoms with Gasteiger partial charge < -0.3 is 45.3 Å². The molecule has 32 heavy (non-hydrogen) atoms. The fourth-order valence-corrected chi connectivity index (χ4v) is 2.95. The molecule has 9 nitrogen and oxygen atoms in total. The van der Waals surface area contributed by atoms with Crippen LogP contribution in [0.3, 0.4) is 0 Å². The summed E-state index contributed by atoms with van der Waals surface area (Å²) in [5.41, 5.74) is 0. The first-order valence-corrected chi connectivity index (χ1v) is 11.4. The van der Waals surface area contributed by atoms with Gasteiger partial charge in [-0.15, -0.1) is 0 Å². The van der Waals surface area contributed by atoms with E-state index < -0.39 is 43.0 Å². The van der Waals surface area contributed by atoms with Gasteiger partial charge in [-0.3, -0.25) is 0 Å². The van der Waals surface area contributed by atoms with Gasteiger partial charge in [-0.1, -0.05) is 84.0 Å². The number of carbonyl (C=O) groups excluding carboxylic acids is 2. The second kappa shape index (κ2) is 25.0. The minimum atomic E-state index is -2.31. The Bertz CT molecular complexity index is 438. The third-order valence-corrected chi connectivity index (χ3v) is 4.98. The number of carboxylic acid groups (broad SMARTS) is 2. The topological polar surface area (TPSA) is 181 Å². The van der Waals surface area contributed by atoms with Gasteiger partial charge in [0, 0.05) is 5.97 Å². The molecular formula is C22H42O9Zn. The maximum atomic E-state index is 10.2. The molecule has 0 saturated carbocycles. The SMILES string of the molecule is CCCCCCCCCCCCCCCC(=O)[O-].O=C([O-])C(O)C(O)C(O)C(O)CO.[Zn+2]. The van der Waals surface area contributed by atoms with Crippen molar-refractivity contribution in [1.82, 2.24) is 0 Å². The van der Waals surface area contributed by atoms with Gasteiger partial charge in [0.05, 0.1) is 12.6 Å². The van der Waals surface area contributed by atoms with E-state index in [0.717, 1.165) is 12.8 Å². The van der Waals surface area contributed by atoms with Crippen molar-refractivity contribution in [3.8, 4) is 0 Å². The number of carbonyl (C=O) groups is 2. The molecule has 0 radical (unpaired) electrons. The van der Waals surface area contributed by atoms with Crippen molar-refractivity contribution in [2.24, 2.45) is 0 Å². The molecule has 10 heteroatoms. The number of aliphatic hydroxyl groups is 5. The van der Waals surface area contributed by atoms with Crippen LogP contribution in [-0.4, -0.2) is 68.5 Å². The minimum Gasteiger partial charge on any atom is -0.550 e. The summed E-state index contributed by atoms with van der Waals surface area (Å²) in [5, 5.41) is 63.6. The number of hydrogen-bond acceptors (Lipinski definition) is 9. The van der Waals surface area contributed by atoms with E-state index in [4.69, 9.17) is 25.5 Å². The zero-order valence-corrected chi connectivity index (χ0v) is 22.5. The van der Waals surface area contributed by atoms with Crippen molar-refractivity contribution in [2.75, 3.05) is 6.61 Å². The van der Waals surface area contributed by atoms with Crippen LogP contribution in [0.5, 0.6) is 0 Å². The van der Waals surface area contributed by atoms with E-state index in [1.165, 1.54) is 70.6 Å². The number of aliphatic hydroxyl groups excluding tert-OH is 5. The van der Waals surface area contributed by atoms with E-state index in [1.807, 2.05) is 0 Å². The van der Waals surface area contributed by atoms with E-state index in [0.29, 0.717) is 0 Å². The second-order valence-electron chi connectivity index (χ2n) is 7.86. The zero-order valence-electron chi connectivity index (χ0n) is 19.5. The Morgan fingerprint density at radius 1 is 0.688 bits per heavy atom. The summed E-state index contributed by atoms with van der Waals surface area (Å²) < 4.78 is 0. The standard InChI is InChI=1S/C16H32O2.C6H12O7.Zn/c1-2-3-4-5-6-7-8-9-10-11-12-13-14-15-16(17)18;7-1-2(8)3(9)4(10)5(11)6(12)13;/h2-15H2,1H3,(H,17,18);2-5,7-11H,1H2,(H,12,13);/q;;+2/p-2. The molecule has 5 N–H and O–H groups in total. The Labute approximate surface area is 204 Å². The van der Waals surface area contributed by atoms with Crippen LogP contribution in [0.2, 0.25) is 0 Å². The molecule has 4 unspecified atom stereocenters. The van der Waals surface area contributed by atoms with Crippen molar-refractivity contribution in [1.29, 1.82) is 0 Å². The third kappa shape index (κ3) is 22.6. The number of rotatable bonds is 19. The first-order valence-electron chi connectivity index (χ1n) is 11.4. The maximum absolute atomic E-state index is 10.2. The van der Waals surface area contributed by atoms with Gasteiger partial charge in [0.25, 0.3) is 0 Å². The molecule has 186 valence electrons. The van der Waals surface area contributed by atoms with E-state index in [1.54, 1.807) is 0 Å². The van der Waals surface area contributed by atoms with Crippen LogP contribution in [0.4, 0.5) is 0 Å². The molecule has 0 bridgehead atoms. The fraction of sp³-hybridized carbons (Fsp3) is 0.909. The maximum Gasteiger partial charge on any atom is 2.00 e. The summed E-state index contributed by atoms with van der Waals surface area (Å²) in [7, 11) is 0. The summed E-state index contributed by atoms with van der Waals surface area (Å²) in [5.74, 6) is -2.88. The van der Waals surface area contributed by atoms with Gasteiger partial charge in [-0.05, 0) is 12.8 Å². The van der Waals surface area contributed by atoms with Crippen molar-refractivity contribution in [2.45, 2.75) is 121 Å². The molecule has 0 aromatic heterocycles. The Hall–Kier alpha value is -0.637. The van der Waals surface area contributed by atoms with Crippen LogP contribution in [0.15, 0.2) is 0 Å². The van der Waals surface area contributed by atoms with Gasteiger partial charge in [0.1, 0.15) is 24.4 Å². The number of unbranched alkanes of at least 4 members (excludes halogenated alkanes) is 12. The first kappa shape index (κ1) is 35.9. The molecule has 0 aromatic carbocycles. The Morgan fingerprint density at radius 3 is 1.38 bits per heavy atom. The third-order valence-electron chi connectivity index (χ3n) is 4.98. The van der Waals surface area contributed by atoms with Crippen molar-refractivity contribution in [3.63, 3.8) is 0 Å². The summed E-state index contributed by atoms with van der Waals surface area (Å²) in [6.07, 6.45) is 8.86. The summed E-state index contributed by atoms with van der Waals surface area (Å²) in [6, 6.07) is 0. The molecule has 0 amide bonds. The van der Waals surface area contributed by atoms with E-state index in [9.17, 15) is 19.8 Å². The average molecular weight is 516 g/mol. The summed E-state index contributed by atoms with van der Waals surface area (Å²) in [6.45, 7) is 1.39. The molecule has 0 aliphatic carbocycles. The molecule has 0 spiro atoms. The molecule has 4 atom stereocenters. The molecular weight excluding hydrogens is 474 g/mol. The number of aliphatic carboxylic acids is 2. The Kier molecular flexibility index (Phi) is 28.1. The molecule has 0 fully saturated rings. The van der Waals surface area contributed by atoms with Crippen LogP contribution in [0.1, 0.15) is 96.8 Å².